The minimum atomic E-state index is 0.465. The van der Waals surface area contributed by atoms with E-state index in [0.717, 1.165) is 5.56 Å². The summed E-state index contributed by atoms with van der Waals surface area (Å²) < 4.78 is 0. The summed E-state index contributed by atoms with van der Waals surface area (Å²) in [5, 5.41) is 3.41. The van der Waals surface area contributed by atoms with E-state index in [0.29, 0.717) is 18.8 Å². The van der Waals surface area contributed by atoms with Crippen LogP contribution in [0.4, 0.5) is 5.82 Å². The molecule has 0 aliphatic rings. The maximum Gasteiger partial charge on any atom is 0.130 e. The fourth-order valence-electron chi connectivity index (χ4n) is 0.958. The molecular formula is C9H11N5. The van der Waals surface area contributed by atoms with E-state index in [1.165, 1.54) is 0 Å². The number of nitrogen functional groups attached to an aromatic ring is 1. The van der Waals surface area contributed by atoms with Gasteiger partial charge in [0.25, 0.3) is 0 Å². The second-order valence-electron chi connectivity index (χ2n) is 2.62. The maximum absolute atomic E-state index is 8.03. The fourth-order valence-corrected chi connectivity index (χ4v) is 0.958. The van der Waals surface area contributed by atoms with E-state index in [4.69, 9.17) is 11.3 Å². The third-order valence-corrected chi connectivity index (χ3v) is 1.63. The molecule has 0 saturated heterocycles. The van der Waals surface area contributed by atoms with Crippen LogP contribution < -0.4 is 5.73 Å². The Morgan fingerprint density at radius 2 is 2.50 bits per heavy atom. The minimum absolute atomic E-state index is 0.465. The first kappa shape index (κ1) is 10.1. The third-order valence-electron chi connectivity index (χ3n) is 1.63. The van der Waals surface area contributed by atoms with Gasteiger partial charge >= 0.3 is 0 Å². The molecule has 0 saturated carbocycles. The molecule has 5 heteroatoms. The predicted octanol–water partition coefficient (Wildman–Crippen LogP) is 2.38. The zero-order valence-corrected chi connectivity index (χ0v) is 7.67. The van der Waals surface area contributed by atoms with Gasteiger partial charge in [0, 0.05) is 23.2 Å². The van der Waals surface area contributed by atoms with Crippen molar-refractivity contribution in [3.63, 3.8) is 0 Å². The van der Waals surface area contributed by atoms with E-state index in [1.54, 1.807) is 6.20 Å². The van der Waals surface area contributed by atoms with Gasteiger partial charge in [-0.3, -0.25) is 0 Å². The minimum Gasteiger partial charge on any atom is -0.383 e. The highest BCUT2D eigenvalue weighted by Gasteiger charge is 1.91. The monoisotopic (exact) mass is 189 g/mol. The Labute approximate surface area is 81.9 Å². The lowest BCUT2D eigenvalue weighted by atomic mass is 10.2. The first-order valence-electron chi connectivity index (χ1n) is 4.22. The Hall–Kier alpha value is -2.00. The maximum atomic E-state index is 8.03. The Bertz CT molecular complexity index is 365. The van der Waals surface area contributed by atoms with Crippen LogP contribution in [0, 0.1) is 0 Å². The second-order valence-corrected chi connectivity index (χ2v) is 2.62. The van der Waals surface area contributed by atoms with Crippen molar-refractivity contribution in [1.29, 1.82) is 0 Å². The van der Waals surface area contributed by atoms with Gasteiger partial charge in [0.1, 0.15) is 5.82 Å². The Morgan fingerprint density at radius 3 is 3.21 bits per heavy atom. The highest BCUT2D eigenvalue weighted by molar-refractivity contribution is 5.60. The number of pyridine rings is 1. The molecule has 1 aromatic heterocycles. The lowest BCUT2D eigenvalue weighted by Crippen LogP contribution is -1.91. The Kier molecular flexibility index (Phi) is 4.04. The van der Waals surface area contributed by atoms with Gasteiger partial charge in [0.2, 0.25) is 0 Å². The molecule has 0 aliphatic heterocycles. The van der Waals surface area contributed by atoms with Crippen LogP contribution in [0.2, 0.25) is 0 Å². The van der Waals surface area contributed by atoms with Gasteiger partial charge in [0.05, 0.1) is 0 Å². The molecule has 0 radical (unpaired) electrons. The summed E-state index contributed by atoms with van der Waals surface area (Å²) in [5.41, 5.74) is 14.5. The van der Waals surface area contributed by atoms with Crippen molar-refractivity contribution in [2.45, 2.75) is 6.42 Å². The van der Waals surface area contributed by atoms with Crippen molar-refractivity contribution in [2.24, 2.45) is 5.11 Å². The molecule has 1 rings (SSSR count). The summed E-state index contributed by atoms with van der Waals surface area (Å²) in [6, 6.07) is 3.70. The largest absolute Gasteiger partial charge is 0.383 e. The zero-order chi connectivity index (χ0) is 10.2. The van der Waals surface area contributed by atoms with E-state index >= 15 is 0 Å². The number of anilines is 1. The molecular weight excluding hydrogens is 178 g/mol. The summed E-state index contributed by atoms with van der Waals surface area (Å²) >= 11 is 0. The third kappa shape index (κ3) is 3.16. The first-order valence-corrected chi connectivity index (χ1v) is 4.22. The standard InChI is InChI=1S/C9H11N5/c10-9-8(5-3-6-12-9)4-1-2-7-13-14-11/h1,3-6H,2,7H2,(H2,10,12). The molecule has 0 amide bonds. The average molecular weight is 189 g/mol. The zero-order valence-electron chi connectivity index (χ0n) is 7.67. The van der Waals surface area contributed by atoms with Crippen LogP contribution in [0.15, 0.2) is 29.5 Å². The van der Waals surface area contributed by atoms with Crippen LogP contribution in [0.3, 0.4) is 0 Å². The second kappa shape index (κ2) is 5.61. The average Bonchev–Trinajstić information content (AvgIpc) is 2.20. The van der Waals surface area contributed by atoms with Crippen LogP contribution in [-0.2, 0) is 0 Å². The van der Waals surface area contributed by atoms with Gasteiger partial charge in [0.15, 0.2) is 0 Å². The summed E-state index contributed by atoms with van der Waals surface area (Å²) in [6.07, 6.45) is 6.13. The number of aromatic nitrogens is 1. The van der Waals surface area contributed by atoms with E-state index in [1.807, 2.05) is 24.3 Å². The van der Waals surface area contributed by atoms with Gasteiger partial charge in [-0.15, -0.1) is 0 Å². The summed E-state index contributed by atoms with van der Waals surface area (Å²) in [5.74, 6) is 0.507. The van der Waals surface area contributed by atoms with E-state index in [2.05, 4.69) is 15.0 Å². The topological polar surface area (TPSA) is 87.7 Å². The highest BCUT2D eigenvalue weighted by atomic mass is 15.1. The SMILES string of the molecule is [N-]=[N+]=NCCC=Cc1cccnc1N. The Morgan fingerprint density at radius 1 is 1.64 bits per heavy atom. The van der Waals surface area contributed by atoms with Crippen molar-refractivity contribution in [3.8, 4) is 0 Å². The molecule has 0 bridgehead atoms. The van der Waals surface area contributed by atoms with Crippen molar-refractivity contribution >= 4 is 11.9 Å². The summed E-state index contributed by atoms with van der Waals surface area (Å²) in [6.45, 7) is 0.465. The van der Waals surface area contributed by atoms with E-state index in [-0.39, 0.29) is 0 Å². The van der Waals surface area contributed by atoms with Crippen LogP contribution in [0.1, 0.15) is 12.0 Å². The van der Waals surface area contributed by atoms with E-state index < -0.39 is 0 Å². The van der Waals surface area contributed by atoms with Crippen LogP contribution >= 0.6 is 0 Å². The van der Waals surface area contributed by atoms with Gasteiger partial charge in [-0.25, -0.2) is 4.98 Å². The Balaban J connectivity index is 2.51. The number of azide groups is 1. The molecule has 0 fully saturated rings. The smallest absolute Gasteiger partial charge is 0.130 e. The molecule has 1 aromatic rings. The number of nitrogens with zero attached hydrogens (tertiary/aromatic N) is 4. The molecule has 5 nitrogen and oxygen atoms in total. The van der Waals surface area contributed by atoms with Crippen molar-refractivity contribution in [3.05, 3.63) is 40.4 Å². The molecule has 1 heterocycles. The molecule has 2 N–H and O–H groups in total. The van der Waals surface area contributed by atoms with Crippen molar-refractivity contribution in [1.82, 2.24) is 4.98 Å². The summed E-state index contributed by atoms with van der Waals surface area (Å²) in [7, 11) is 0. The molecule has 0 aromatic carbocycles. The van der Waals surface area contributed by atoms with Crippen LogP contribution in [0.25, 0.3) is 16.5 Å². The molecule has 14 heavy (non-hydrogen) atoms. The lowest BCUT2D eigenvalue weighted by molar-refractivity contribution is 0.995. The predicted molar refractivity (Wildman–Crippen MR) is 56.3 cm³/mol. The summed E-state index contributed by atoms with van der Waals surface area (Å²) in [4.78, 5) is 6.59. The van der Waals surface area contributed by atoms with Crippen LogP contribution in [-0.4, -0.2) is 11.5 Å². The molecule has 0 unspecified atom stereocenters. The number of nitrogens with two attached hydrogens (primary N) is 1. The lowest BCUT2D eigenvalue weighted by Gasteiger charge is -1.96. The molecule has 72 valence electrons. The van der Waals surface area contributed by atoms with Crippen molar-refractivity contribution < 1.29 is 0 Å². The van der Waals surface area contributed by atoms with Gasteiger partial charge in [-0.1, -0.05) is 17.3 Å². The molecule has 0 atom stereocenters. The fraction of sp³-hybridized carbons (Fsp3) is 0.222. The van der Waals surface area contributed by atoms with Gasteiger partial charge in [-0.05, 0) is 24.1 Å². The van der Waals surface area contributed by atoms with Gasteiger partial charge < -0.3 is 5.73 Å². The first-order chi connectivity index (χ1) is 6.84. The highest BCUT2D eigenvalue weighted by Crippen LogP contribution is 2.08. The molecule has 0 spiro atoms. The number of hydrogen-bond acceptors (Lipinski definition) is 3. The quantitative estimate of drug-likeness (QED) is 0.341. The van der Waals surface area contributed by atoms with Crippen LogP contribution in [0.5, 0.6) is 0 Å². The van der Waals surface area contributed by atoms with E-state index in [9.17, 15) is 0 Å². The normalized spacial score (nSPS) is 10.0. The number of rotatable bonds is 4. The van der Waals surface area contributed by atoms with Crippen molar-refractivity contribution in [2.75, 3.05) is 12.3 Å². The molecule has 0 aliphatic carbocycles. The van der Waals surface area contributed by atoms with Gasteiger partial charge in [-0.2, -0.15) is 0 Å². The number of hydrogen-bond donors (Lipinski definition) is 1.